The van der Waals surface area contributed by atoms with Crippen LogP contribution in [0.25, 0.3) is 0 Å². The highest BCUT2D eigenvalue weighted by molar-refractivity contribution is 9.10. The third-order valence-corrected chi connectivity index (χ3v) is 5.36. The fourth-order valence-electron chi connectivity index (χ4n) is 3.09. The Labute approximate surface area is 166 Å². The summed E-state index contributed by atoms with van der Waals surface area (Å²) in [7, 11) is 2.05. The molecule has 1 aliphatic carbocycles. The van der Waals surface area contributed by atoms with Gasteiger partial charge in [0, 0.05) is 5.92 Å². The van der Waals surface area contributed by atoms with Gasteiger partial charge in [-0.1, -0.05) is 30.3 Å². The maximum absolute atomic E-state index is 5.75. The molecule has 0 unspecified atom stereocenters. The van der Waals surface area contributed by atoms with Crippen molar-refractivity contribution in [2.75, 3.05) is 7.05 Å². The molecule has 0 N–H and O–H groups in total. The van der Waals surface area contributed by atoms with E-state index in [0.29, 0.717) is 19.1 Å². The molecule has 0 spiro atoms. The Morgan fingerprint density at radius 2 is 2.00 bits per heavy atom. The SMILES string of the molecule is CN(Cc1ccc(Br)o1)Cn1nc(C2CC2)n(Cc2ccccc2)c1=S. The van der Waals surface area contributed by atoms with Gasteiger partial charge in [-0.2, -0.15) is 5.10 Å². The highest BCUT2D eigenvalue weighted by atomic mass is 79.9. The lowest BCUT2D eigenvalue weighted by Crippen LogP contribution is -2.22. The first-order chi connectivity index (χ1) is 12.6. The second-order valence-electron chi connectivity index (χ2n) is 6.85. The molecule has 1 fully saturated rings. The van der Waals surface area contributed by atoms with Crippen LogP contribution in [0.2, 0.25) is 0 Å². The molecule has 7 heteroatoms. The van der Waals surface area contributed by atoms with Gasteiger partial charge in [0.25, 0.3) is 0 Å². The standard InChI is InChI=1S/C19H21BrN4OS/c1-22(12-16-9-10-17(20)25-16)13-24-19(26)23(18(21-24)15-7-8-15)11-14-5-3-2-4-6-14/h2-6,9-10,15H,7-8,11-13H2,1H3. The number of rotatable bonds is 7. The van der Waals surface area contributed by atoms with E-state index in [9.17, 15) is 0 Å². The largest absolute Gasteiger partial charge is 0.453 e. The van der Waals surface area contributed by atoms with Crippen LogP contribution < -0.4 is 0 Å². The molecule has 0 atom stereocenters. The second-order valence-corrected chi connectivity index (χ2v) is 7.99. The van der Waals surface area contributed by atoms with Gasteiger partial charge >= 0.3 is 0 Å². The Bertz CT molecular complexity index is 942. The lowest BCUT2D eigenvalue weighted by atomic mass is 10.2. The second kappa shape index (κ2) is 7.50. The summed E-state index contributed by atoms with van der Waals surface area (Å²) in [6.45, 7) is 2.12. The van der Waals surface area contributed by atoms with E-state index in [2.05, 4.69) is 49.7 Å². The molecule has 0 saturated heterocycles. The fraction of sp³-hybridized carbons (Fsp3) is 0.368. The van der Waals surface area contributed by atoms with Crippen LogP contribution in [0, 0.1) is 4.77 Å². The predicted octanol–water partition coefficient (Wildman–Crippen LogP) is 4.78. The molecule has 4 rings (SSSR count). The van der Waals surface area contributed by atoms with Gasteiger partial charge in [0.1, 0.15) is 11.6 Å². The average Bonchev–Trinajstić information content (AvgIpc) is 3.33. The molecule has 3 aromatic rings. The van der Waals surface area contributed by atoms with Crippen molar-refractivity contribution in [2.45, 2.75) is 38.5 Å². The zero-order chi connectivity index (χ0) is 18.1. The van der Waals surface area contributed by atoms with Gasteiger partial charge < -0.3 is 4.42 Å². The summed E-state index contributed by atoms with van der Waals surface area (Å²) in [5.41, 5.74) is 1.25. The van der Waals surface area contributed by atoms with Gasteiger partial charge in [-0.05, 0) is 65.7 Å². The lowest BCUT2D eigenvalue weighted by Gasteiger charge is -2.14. The molecule has 2 heterocycles. The number of nitrogens with zero attached hydrogens (tertiary/aromatic N) is 4. The number of furan rings is 1. The Kier molecular flexibility index (Phi) is 5.11. The number of hydrogen-bond acceptors (Lipinski definition) is 4. The number of aromatic nitrogens is 3. The van der Waals surface area contributed by atoms with E-state index in [1.807, 2.05) is 29.9 Å². The van der Waals surface area contributed by atoms with E-state index in [-0.39, 0.29) is 0 Å². The van der Waals surface area contributed by atoms with E-state index >= 15 is 0 Å². The van der Waals surface area contributed by atoms with E-state index in [4.69, 9.17) is 21.7 Å². The highest BCUT2D eigenvalue weighted by Gasteiger charge is 2.30. The van der Waals surface area contributed by atoms with Crippen molar-refractivity contribution in [1.82, 2.24) is 19.2 Å². The first-order valence-corrected chi connectivity index (χ1v) is 9.94. The number of benzene rings is 1. The minimum absolute atomic E-state index is 0.549. The topological polar surface area (TPSA) is 39.1 Å². The molecule has 1 saturated carbocycles. The van der Waals surface area contributed by atoms with Crippen LogP contribution in [0.3, 0.4) is 0 Å². The summed E-state index contributed by atoms with van der Waals surface area (Å²) in [6, 6.07) is 14.3. The molecule has 5 nitrogen and oxygen atoms in total. The molecule has 2 aromatic heterocycles. The minimum atomic E-state index is 0.549. The van der Waals surface area contributed by atoms with Crippen molar-refractivity contribution >= 4 is 28.1 Å². The zero-order valence-corrected chi connectivity index (χ0v) is 17.0. The third-order valence-electron chi connectivity index (χ3n) is 4.51. The maximum atomic E-state index is 5.75. The Morgan fingerprint density at radius 1 is 1.23 bits per heavy atom. The van der Waals surface area contributed by atoms with Gasteiger partial charge in [0.05, 0.1) is 19.8 Å². The molecule has 0 bridgehead atoms. The first kappa shape index (κ1) is 17.7. The van der Waals surface area contributed by atoms with Crippen LogP contribution in [0.15, 0.2) is 51.6 Å². The van der Waals surface area contributed by atoms with Crippen LogP contribution in [-0.2, 0) is 19.8 Å². The van der Waals surface area contributed by atoms with Crippen LogP contribution in [0.1, 0.15) is 35.9 Å². The Balaban J connectivity index is 1.54. The third kappa shape index (κ3) is 4.00. The molecule has 0 aliphatic heterocycles. The van der Waals surface area contributed by atoms with Crippen molar-refractivity contribution < 1.29 is 4.42 Å². The normalized spacial score (nSPS) is 14.3. The Hall–Kier alpha value is -1.70. The monoisotopic (exact) mass is 432 g/mol. The Morgan fingerprint density at radius 3 is 2.65 bits per heavy atom. The van der Waals surface area contributed by atoms with Crippen molar-refractivity contribution in [3.8, 4) is 0 Å². The summed E-state index contributed by atoms with van der Waals surface area (Å²) >= 11 is 9.10. The molecule has 1 aromatic carbocycles. The summed E-state index contributed by atoms with van der Waals surface area (Å²) in [4.78, 5) is 2.15. The van der Waals surface area contributed by atoms with Crippen molar-refractivity contribution in [3.05, 3.63) is 69.1 Å². The van der Waals surface area contributed by atoms with E-state index in [1.54, 1.807) is 0 Å². The van der Waals surface area contributed by atoms with Gasteiger partial charge in [-0.15, -0.1) is 0 Å². The smallest absolute Gasteiger partial charge is 0.199 e. The minimum Gasteiger partial charge on any atom is -0.453 e. The molecular formula is C19H21BrN4OS. The van der Waals surface area contributed by atoms with E-state index in [0.717, 1.165) is 27.6 Å². The maximum Gasteiger partial charge on any atom is 0.199 e. The van der Waals surface area contributed by atoms with E-state index in [1.165, 1.54) is 18.4 Å². The van der Waals surface area contributed by atoms with Gasteiger partial charge in [-0.25, -0.2) is 4.68 Å². The molecule has 0 radical (unpaired) electrons. The predicted molar refractivity (Wildman–Crippen MR) is 106 cm³/mol. The lowest BCUT2D eigenvalue weighted by molar-refractivity contribution is 0.224. The summed E-state index contributed by atoms with van der Waals surface area (Å²) in [5, 5.41) is 4.85. The molecule has 1 aliphatic rings. The van der Waals surface area contributed by atoms with Crippen LogP contribution in [-0.4, -0.2) is 26.3 Å². The molecule has 136 valence electrons. The number of hydrogen-bond donors (Lipinski definition) is 0. The van der Waals surface area contributed by atoms with Gasteiger partial charge in [0.2, 0.25) is 0 Å². The number of halogens is 1. The summed E-state index contributed by atoms with van der Waals surface area (Å²) < 4.78 is 11.3. The van der Waals surface area contributed by atoms with Gasteiger partial charge in [-0.3, -0.25) is 9.47 Å². The van der Waals surface area contributed by atoms with Gasteiger partial charge in [0.15, 0.2) is 9.44 Å². The molecule has 26 heavy (non-hydrogen) atoms. The first-order valence-electron chi connectivity index (χ1n) is 8.74. The van der Waals surface area contributed by atoms with E-state index < -0.39 is 0 Å². The fourth-order valence-corrected chi connectivity index (χ4v) is 3.69. The van der Waals surface area contributed by atoms with Crippen LogP contribution in [0.5, 0.6) is 0 Å². The molecule has 0 amide bonds. The summed E-state index contributed by atoms with van der Waals surface area (Å²) in [6.07, 6.45) is 2.41. The quantitative estimate of drug-likeness (QED) is 0.503. The van der Waals surface area contributed by atoms with Crippen molar-refractivity contribution in [2.24, 2.45) is 0 Å². The molecular weight excluding hydrogens is 412 g/mol. The van der Waals surface area contributed by atoms with Crippen molar-refractivity contribution in [3.63, 3.8) is 0 Å². The van der Waals surface area contributed by atoms with Crippen molar-refractivity contribution in [1.29, 1.82) is 0 Å². The highest BCUT2D eigenvalue weighted by Crippen LogP contribution is 2.39. The average molecular weight is 433 g/mol. The van der Waals surface area contributed by atoms with Crippen LogP contribution >= 0.6 is 28.1 Å². The van der Waals surface area contributed by atoms with Crippen LogP contribution in [0.4, 0.5) is 0 Å². The summed E-state index contributed by atoms with van der Waals surface area (Å²) in [5.74, 6) is 2.58. The zero-order valence-electron chi connectivity index (χ0n) is 14.6.